The third-order valence-electron chi connectivity index (χ3n) is 4.06. The molecule has 9 heteroatoms. The molecule has 0 saturated carbocycles. The van der Waals surface area contributed by atoms with E-state index < -0.39 is 0 Å². The number of amides is 1. The van der Waals surface area contributed by atoms with Crippen molar-refractivity contribution in [3.63, 3.8) is 0 Å². The van der Waals surface area contributed by atoms with Crippen molar-refractivity contribution in [3.05, 3.63) is 55.9 Å². The quantitative estimate of drug-likeness (QED) is 0.511. The zero-order valence-electron chi connectivity index (χ0n) is 14.7. The zero-order chi connectivity index (χ0) is 19.6. The number of nitrogens with zero attached hydrogens (tertiary/aromatic N) is 3. The lowest BCUT2D eigenvalue weighted by Crippen LogP contribution is -2.25. The number of carbonyl (C=O) groups is 1. The monoisotopic (exact) mass is 470 g/mol. The van der Waals surface area contributed by atoms with Gasteiger partial charge in [0.25, 0.3) is 5.91 Å². The Hall–Kier alpha value is -1.83. The van der Waals surface area contributed by atoms with Crippen LogP contribution in [-0.2, 0) is 6.54 Å². The fourth-order valence-corrected chi connectivity index (χ4v) is 3.40. The number of hydrogen-bond acceptors (Lipinski definition) is 4. The summed E-state index contributed by atoms with van der Waals surface area (Å²) in [5.74, 6) is 0.110. The summed E-state index contributed by atoms with van der Waals surface area (Å²) in [7, 11) is 0. The number of hydrogen-bond donors (Lipinski definition) is 1. The van der Waals surface area contributed by atoms with Crippen molar-refractivity contribution < 1.29 is 9.32 Å². The summed E-state index contributed by atoms with van der Waals surface area (Å²) in [4.78, 5) is 12.2. The molecular weight excluding hydrogens is 455 g/mol. The first kappa shape index (κ1) is 19.9. The molecule has 2 heterocycles. The van der Waals surface area contributed by atoms with E-state index in [1.165, 1.54) is 0 Å². The Morgan fingerprint density at radius 2 is 2.07 bits per heavy atom. The van der Waals surface area contributed by atoms with E-state index in [1.807, 2.05) is 18.5 Å². The fourth-order valence-electron chi connectivity index (χ4n) is 2.61. The van der Waals surface area contributed by atoms with Gasteiger partial charge in [-0.15, -0.1) is 0 Å². The minimum atomic E-state index is -0.301. The van der Waals surface area contributed by atoms with Gasteiger partial charge in [-0.2, -0.15) is 5.10 Å². The van der Waals surface area contributed by atoms with Crippen molar-refractivity contribution in [2.24, 2.45) is 0 Å². The number of halogens is 3. The van der Waals surface area contributed by atoms with E-state index in [0.29, 0.717) is 34.5 Å². The summed E-state index contributed by atoms with van der Waals surface area (Å²) in [6.45, 7) is 5.16. The minimum absolute atomic E-state index is 0.199. The van der Waals surface area contributed by atoms with E-state index in [2.05, 4.69) is 31.5 Å². The first-order chi connectivity index (χ1) is 12.9. The lowest BCUT2D eigenvalue weighted by atomic mass is 10.1. The molecule has 0 aliphatic rings. The molecule has 3 rings (SSSR count). The fraction of sp³-hybridized carbons (Fsp3) is 0.278. The third-order valence-corrected chi connectivity index (χ3v) is 5.76. The van der Waals surface area contributed by atoms with Gasteiger partial charge in [0.1, 0.15) is 0 Å². The van der Waals surface area contributed by atoms with Crippen molar-refractivity contribution in [3.8, 4) is 11.3 Å². The van der Waals surface area contributed by atoms with Gasteiger partial charge in [0.2, 0.25) is 0 Å². The Morgan fingerprint density at radius 1 is 1.30 bits per heavy atom. The number of carbonyl (C=O) groups excluding carboxylic acids is 1. The van der Waals surface area contributed by atoms with E-state index in [0.717, 1.165) is 22.3 Å². The molecule has 0 fully saturated rings. The lowest BCUT2D eigenvalue weighted by Gasteiger charge is -2.05. The number of rotatable bonds is 6. The molecule has 0 saturated heterocycles. The topological polar surface area (TPSA) is 73.0 Å². The molecule has 0 spiro atoms. The highest BCUT2D eigenvalue weighted by molar-refractivity contribution is 9.10. The van der Waals surface area contributed by atoms with Crippen molar-refractivity contribution in [1.82, 2.24) is 20.3 Å². The summed E-state index contributed by atoms with van der Waals surface area (Å²) in [5, 5.41) is 12.0. The largest absolute Gasteiger partial charge is 0.355 e. The van der Waals surface area contributed by atoms with Crippen molar-refractivity contribution in [2.45, 2.75) is 26.8 Å². The molecule has 1 amide bonds. The summed E-state index contributed by atoms with van der Waals surface area (Å²) in [5.41, 5.74) is 2.85. The molecule has 2 aromatic heterocycles. The first-order valence-electron chi connectivity index (χ1n) is 8.26. The molecule has 0 radical (unpaired) electrons. The Kier molecular flexibility index (Phi) is 6.24. The molecule has 0 unspecified atom stereocenters. The van der Waals surface area contributed by atoms with E-state index in [9.17, 15) is 4.79 Å². The first-order valence-corrected chi connectivity index (χ1v) is 9.81. The van der Waals surface area contributed by atoms with Crippen LogP contribution in [0.5, 0.6) is 0 Å². The van der Waals surface area contributed by atoms with Crippen LogP contribution < -0.4 is 5.32 Å². The molecule has 142 valence electrons. The maximum absolute atomic E-state index is 12.2. The van der Waals surface area contributed by atoms with Crippen LogP contribution in [0.3, 0.4) is 0 Å². The number of aryl methyl sites for hydroxylation is 2. The summed E-state index contributed by atoms with van der Waals surface area (Å²) >= 11 is 15.6. The van der Waals surface area contributed by atoms with Gasteiger partial charge in [0, 0.05) is 35.4 Å². The number of benzene rings is 1. The van der Waals surface area contributed by atoms with Crippen LogP contribution in [-0.4, -0.2) is 27.4 Å². The summed E-state index contributed by atoms with van der Waals surface area (Å²) < 4.78 is 8.18. The van der Waals surface area contributed by atoms with Gasteiger partial charge in [-0.3, -0.25) is 9.48 Å². The maximum atomic E-state index is 12.2. The molecular formula is C18H17BrCl2N4O2. The average molecular weight is 472 g/mol. The summed E-state index contributed by atoms with van der Waals surface area (Å²) in [6.07, 6.45) is 0.744. The molecule has 0 atom stereocenters. The molecule has 27 heavy (non-hydrogen) atoms. The molecule has 1 N–H and O–H groups in total. The maximum Gasteiger partial charge on any atom is 0.273 e. The van der Waals surface area contributed by atoms with Gasteiger partial charge in [-0.25, -0.2) is 0 Å². The van der Waals surface area contributed by atoms with Crippen LogP contribution in [0.25, 0.3) is 11.3 Å². The minimum Gasteiger partial charge on any atom is -0.355 e. The second kappa shape index (κ2) is 8.46. The highest BCUT2D eigenvalue weighted by Gasteiger charge is 2.15. The zero-order valence-corrected chi connectivity index (χ0v) is 17.8. The van der Waals surface area contributed by atoms with Gasteiger partial charge < -0.3 is 9.84 Å². The molecule has 6 nitrogen and oxygen atoms in total. The molecule has 3 aromatic rings. The van der Waals surface area contributed by atoms with Gasteiger partial charge in [0.05, 0.1) is 15.2 Å². The Labute approximate surface area is 174 Å². The number of aromatic nitrogens is 3. The smallest absolute Gasteiger partial charge is 0.273 e. The van der Waals surface area contributed by atoms with Crippen molar-refractivity contribution >= 4 is 45.0 Å². The van der Waals surface area contributed by atoms with E-state index >= 15 is 0 Å². The average Bonchev–Trinajstić information content (AvgIpc) is 3.20. The Morgan fingerprint density at radius 3 is 2.74 bits per heavy atom. The van der Waals surface area contributed by atoms with E-state index in [-0.39, 0.29) is 11.6 Å². The highest BCUT2D eigenvalue weighted by Crippen LogP contribution is 2.30. The SMILES string of the molecule is Cc1nn(CCCNC(=O)c2cc(-c3ccc(Cl)cc3Cl)on2)c(C)c1Br. The third kappa shape index (κ3) is 4.54. The van der Waals surface area contributed by atoms with Crippen LogP contribution in [0.2, 0.25) is 10.0 Å². The van der Waals surface area contributed by atoms with Crippen molar-refractivity contribution in [2.75, 3.05) is 6.54 Å². The van der Waals surface area contributed by atoms with E-state index in [4.69, 9.17) is 27.7 Å². The van der Waals surface area contributed by atoms with Gasteiger partial charge in [-0.1, -0.05) is 28.4 Å². The van der Waals surface area contributed by atoms with Gasteiger partial charge >= 0.3 is 0 Å². The highest BCUT2D eigenvalue weighted by atomic mass is 79.9. The predicted octanol–water partition coefficient (Wildman–Crippen LogP) is 5.04. The van der Waals surface area contributed by atoms with Gasteiger partial charge in [-0.05, 0) is 54.4 Å². The predicted molar refractivity (Wildman–Crippen MR) is 108 cm³/mol. The summed E-state index contributed by atoms with van der Waals surface area (Å²) in [6, 6.07) is 6.59. The van der Waals surface area contributed by atoms with Gasteiger partial charge in [0.15, 0.2) is 11.5 Å². The second-order valence-electron chi connectivity index (χ2n) is 6.02. The standard InChI is InChI=1S/C18H17BrCl2N4O2/c1-10-17(19)11(2)25(23-10)7-3-6-22-18(26)15-9-16(27-24-15)13-5-4-12(20)8-14(13)21/h4-5,8-9H,3,6-7H2,1-2H3,(H,22,26). The van der Waals surface area contributed by atoms with Crippen LogP contribution in [0.1, 0.15) is 28.3 Å². The van der Waals surface area contributed by atoms with E-state index in [1.54, 1.807) is 24.3 Å². The molecule has 1 aromatic carbocycles. The molecule has 0 bridgehead atoms. The van der Waals surface area contributed by atoms with Crippen LogP contribution >= 0.6 is 39.1 Å². The second-order valence-corrected chi connectivity index (χ2v) is 7.65. The normalized spacial score (nSPS) is 11.0. The van der Waals surface area contributed by atoms with Crippen LogP contribution in [0, 0.1) is 13.8 Å². The molecule has 0 aliphatic carbocycles. The molecule has 0 aliphatic heterocycles. The Bertz CT molecular complexity index is 984. The van der Waals surface area contributed by atoms with Crippen LogP contribution in [0.15, 0.2) is 33.3 Å². The van der Waals surface area contributed by atoms with Crippen molar-refractivity contribution in [1.29, 1.82) is 0 Å². The van der Waals surface area contributed by atoms with Crippen LogP contribution in [0.4, 0.5) is 0 Å². The Balaban J connectivity index is 1.56. The lowest BCUT2D eigenvalue weighted by molar-refractivity contribution is 0.0943. The number of nitrogens with one attached hydrogen (secondary N) is 1.